The number of pyridine rings is 1. The van der Waals surface area contributed by atoms with Crippen molar-refractivity contribution < 1.29 is 8.42 Å². The lowest BCUT2D eigenvalue weighted by molar-refractivity contribution is 0.361. The van der Waals surface area contributed by atoms with Gasteiger partial charge < -0.3 is 5.32 Å². The highest BCUT2D eigenvalue weighted by molar-refractivity contribution is 7.92. The number of aromatic nitrogens is 1. The van der Waals surface area contributed by atoms with Crippen molar-refractivity contribution in [2.75, 3.05) is 5.32 Å². The van der Waals surface area contributed by atoms with Gasteiger partial charge in [-0.05, 0) is 94.2 Å². The maximum absolute atomic E-state index is 12.8. The van der Waals surface area contributed by atoms with Gasteiger partial charge in [0.15, 0.2) is 9.84 Å². The Bertz CT molecular complexity index is 952. The molecule has 0 spiro atoms. The average Bonchev–Trinajstić information content (AvgIpc) is 3.49. The zero-order chi connectivity index (χ0) is 19.9. The molecule has 0 aliphatic heterocycles. The molecule has 5 heteroatoms. The molecule has 1 heterocycles. The van der Waals surface area contributed by atoms with Crippen molar-refractivity contribution in [2.45, 2.75) is 75.5 Å². The van der Waals surface area contributed by atoms with E-state index in [4.69, 9.17) is 0 Å². The molecule has 28 heavy (non-hydrogen) atoms. The van der Waals surface area contributed by atoms with Crippen LogP contribution >= 0.6 is 0 Å². The summed E-state index contributed by atoms with van der Waals surface area (Å²) in [5, 5.41) is 3.52. The molecule has 0 amide bonds. The topological polar surface area (TPSA) is 59.1 Å². The van der Waals surface area contributed by atoms with Gasteiger partial charge in [0.2, 0.25) is 0 Å². The molecule has 1 aromatic carbocycles. The van der Waals surface area contributed by atoms with Gasteiger partial charge in [-0.15, -0.1) is 0 Å². The Kier molecular flexibility index (Phi) is 5.21. The predicted molar refractivity (Wildman–Crippen MR) is 114 cm³/mol. The van der Waals surface area contributed by atoms with Crippen molar-refractivity contribution in [2.24, 2.45) is 5.92 Å². The molecule has 2 fully saturated rings. The monoisotopic (exact) mass is 398 g/mol. The minimum Gasteiger partial charge on any atom is -0.382 e. The van der Waals surface area contributed by atoms with Gasteiger partial charge in [0.25, 0.3) is 0 Å². The molecule has 0 saturated heterocycles. The van der Waals surface area contributed by atoms with E-state index in [0.29, 0.717) is 10.9 Å². The smallest absolute Gasteiger partial charge is 0.181 e. The number of nitrogens with one attached hydrogen (secondary N) is 1. The van der Waals surface area contributed by atoms with Gasteiger partial charge in [0, 0.05) is 28.7 Å². The lowest BCUT2D eigenvalue weighted by Gasteiger charge is -2.29. The highest BCUT2D eigenvalue weighted by atomic mass is 32.2. The molecule has 0 radical (unpaired) electrons. The van der Waals surface area contributed by atoms with Gasteiger partial charge >= 0.3 is 0 Å². The van der Waals surface area contributed by atoms with Crippen molar-refractivity contribution in [3.05, 3.63) is 41.7 Å². The van der Waals surface area contributed by atoms with Gasteiger partial charge in [0.1, 0.15) is 0 Å². The summed E-state index contributed by atoms with van der Waals surface area (Å²) in [6.45, 7) is 6.29. The molecule has 0 unspecified atom stereocenters. The second-order valence-electron chi connectivity index (χ2n) is 8.69. The Morgan fingerprint density at radius 2 is 1.57 bits per heavy atom. The standard InChI is InChI=1S/C23H30N2O2S/c1-15-4-6-19(7-5-15)25-23-11-10-21(28(26,27)20-8-9-20)14-22(23)18-12-16(2)24-17(3)13-18/h10-15,19-20,25H,4-9H2,1-3H3. The highest BCUT2D eigenvalue weighted by Gasteiger charge is 2.37. The lowest BCUT2D eigenvalue weighted by atomic mass is 9.87. The minimum atomic E-state index is -3.22. The third kappa shape index (κ3) is 4.09. The largest absolute Gasteiger partial charge is 0.382 e. The molecular weight excluding hydrogens is 368 g/mol. The second kappa shape index (κ2) is 7.51. The van der Waals surface area contributed by atoms with Gasteiger partial charge in [-0.3, -0.25) is 4.98 Å². The van der Waals surface area contributed by atoms with Crippen LogP contribution < -0.4 is 5.32 Å². The summed E-state index contributed by atoms with van der Waals surface area (Å²) in [4.78, 5) is 4.93. The molecular formula is C23H30N2O2S. The molecule has 2 saturated carbocycles. The van der Waals surface area contributed by atoms with Crippen LogP contribution in [0.5, 0.6) is 0 Å². The molecule has 1 N–H and O–H groups in total. The van der Waals surface area contributed by atoms with Crippen LogP contribution in [0.4, 0.5) is 5.69 Å². The maximum Gasteiger partial charge on any atom is 0.181 e. The Balaban J connectivity index is 1.74. The van der Waals surface area contributed by atoms with E-state index in [-0.39, 0.29) is 5.25 Å². The van der Waals surface area contributed by atoms with Crippen LogP contribution in [-0.4, -0.2) is 24.7 Å². The van der Waals surface area contributed by atoms with Crippen LogP contribution in [0.25, 0.3) is 11.1 Å². The van der Waals surface area contributed by atoms with E-state index in [2.05, 4.69) is 17.2 Å². The molecule has 2 aliphatic carbocycles. The van der Waals surface area contributed by atoms with Gasteiger partial charge in [0.05, 0.1) is 10.1 Å². The first-order valence-electron chi connectivity index (χ1n) is 10.4. The second-order valence-corrected chi connectivity index (χ2v) is 10.9. The van der Waals surface area contributed by atoms with Crippen LogP contribution in [0.3, 0.4) is 0 Å². The number of hydrogen-bond acceptors (Lipinski definition) is 4. The summed E-state index contributed by atoms with van der Waals surface area (Å²) >= 11 is 0. The Morgan fingerprint density at radius 3 is 2.18 bits per heavy atom. The number of anilines is 1. The van der Waals surface area contributed by atoms with E-state index in [1.165, 1.54) is 12.8 Å². The van der Waals surface area contributed by atoms with Gasteiger partial charge in [-0.1, -0.05) is 6.92 Å². The number of sulfone groups is 1. The highest BCUT2D eigenvalue weighted by Crippen LogP contribution is 2.38. The molecule has 2 aromatic rings. The van der Waals surface area contributed by atoms with Gasteiger partial charge in [-0.2, -0.15) is 0 Å². The van der Waals surface area contributed by atoms with Crippen LogP contribution in [-0.2, 0) is 9.84 Å². The van der Waals surface area contributed by atoms with E-state index in [1.54, 1.807) is 6.07 Å². The fourth-order valence-electron chi connectivity index (χ4n) is 4.25. The average molecular weight is 399 g/mol. The lowest BCUT2D eigenvalue weighted by Crippen LogP contribution is -2.25. The molecule has 2 aliphatic rings. The fourth-order valence-corrected chi connectivity index (χ4v) is 5.93. The maximum atomic E-state index is 12.8. The Hall–Kier alpha value is -1.88. The molecule has 0 atom stereocenters. The number of rotatable bonds is 5. The minimum absolute atomic E-state index is 0.195. The molecule has 1 aromatic heterocycles. The number of hydrogen-bond donors (Lipinski definition) is 1. The Labute approximate surface area is 168 Å². The predicted octanol–water partition coefficient (Wildman–Crippen LogP) is 5.29. The van der Waals surface area contributed by atoms with E-state index in [1.807, 2.05) is 38.1 Å². The molecule has 4 nitrogen and oxygen atoms in total. The van der Waals surface area contributed by atoms with Crippen LogP contribution in [0.15, 0.2) is 35.2 Å². The first-order valence-corrected chi connectivity index (χ1v) is 12.0. The number of nitrogens with zero attached hydrogens (tertiary/aromatic N) is 1. The summed E-state index contributed by atoms with van der Waals surface area (Å²) in [6.07, 6.45) is 6.38. The summed E-state index contributed by atoms with van der Waals surface area (Å²) in [7, 11) is -3.22. The van der Waals surface area contributed by atoms with E-state index in [0.717, 1.165) is 59.8 Å². The van der Waals surface area contributed by atoms with E-state index < -0.39 is 9.84 Å². The van der Waals surface area contributed by atoms with Crippen molar-refractivity contribution >= 4 is 15.5 Å². The summed E-state index contributed by atoms with van der Waals surface area (Å²) < 4.78 is 25.6. The number of benzene rings is 1. The summed E-state index contributed by atoms with van der Waals surface area (Å²) in [5.74, 6) is 0.800. The first kappa shape index (κ1) is 19.4. The first-order chi connectivity index (χ1) is 13.3. The van der Waals surface area contributed by atoms with E-state index >= 15 is 0 Å². The van der Waals surface area contributed by atoms with Gasteiger partial charge in [-0.25, -0.2) is 8.42 Å². The zero-order valence-corrected chi connectivity index (χ0v) is 17.8. The fraction of sp³-hybridized carbons (Fsp3) is 0.522. The van der Waals surface area contributed by atoms with Crippen LogP contribution in [0.2, 0.25) is 0 Å². The van der Waals surface area contributed by atoms with E-state index in [9.17, 15) is 8.42 Å². The Morgan fingerprint density at radius 1 is 0.929 bits per heavy atom. The zero-order valence-electron chi connectivity index (χ0n) is 17.0. The third-order valence-corrected chi connectivity index (χ3v) is 8.31. The molecule has 150 valence electrons. The molecule has 0 bridgehead atoms. The van der Waals surface area contributed by atoms with Crippen LogP contribution in [0, 0.1) is 19.8 Å². The van der Waals surface area contributed by atoms with Crippen molar-refractivity contribution in [1.82, 2.24) is 4.98 Å². The van der Waals surface area contributed by atoms with Crippen molar-refractivity contribution in [3.63, 3.8) is 0 Å². The SMILES string of the molecule is Cc1cc(-c2cc(S(=O)(=O)C3CC3)ccc2NC2CCC(C)CC2)cc(C)n1. The normalized spacial score (nSPS) is 22.8. The summed E-state index contributed by atoms with van der Waals surface area (Å²) in [5.41, 5.74) is 4.92. The van der Waals surface area contributed by atoms with Crippen LogP contribution in [0.1, 0.15) is 56.8 Å². The third-order valence-electron chi connectivity index (χ3n) is 6.05. The van der Waals surface area contributed by atoms with Crippen molar-refractivity contribution in [1.29, 1.82) is 0 Å². The molecule has 4 rings (SSSR count). The van der Waals surface area contributed by atoms with Crippen molar-refractivity contribution in [3.8, 4) is 11.1 Å². The summed E-state index contributed by atoms with van der Waals surface area (Å²) in [6, 6.07) is 10.2. The number of aryl methyl sites for hydroxylation is 2. The quantitative estimate of drug-likeness (QED) is 0.743.